The van der Waals surface area contributed by atoms with Crippen LogP contribution in [-0.2, 0) is 16.1 Å². The van der Waals surface area contributed by atoms with Gasteiger partial charge in [-0.15, -0.1) is 0 Å². The lowest BCUT2D eigenvalue weighted by atomic mass is 10.2. The summed E-state index contributed by atoms with van der Waals surface area (Å²) < 4.78 is 6.76. The minimum atomic E-state index is -0.717. The molecule has 3 aromatic rings. The lowest BCUT2D eigenvalue weighted by Crippen LogP contribution is -2.21. The molecule has 166 valence electrons. The highest BCUT2D eigenvalue weighted by Gasteiger charge is 2.22. The molecule has 2 aromatic carbocycles. The van der Waals surface area contributed by atoms with E-state index in [2.05, 4.69) is 10.4 Å². The maximum absolute atomic E-state index is 12.6. The Morgan fingerprint density at radius 1 is 1.16 bits per heavy atom. The minimum Gasteiger partial charge on any atom is -0.452 e. The van der Waals surface area contributed by atoms with Crippen LogP contribution in [0.15, 0.2) is 42.5 Å². The Hall–Kier alpha value is -3.43. The molecule has 0 aliphatic heterocycles. The summed E-state index contributed by atoms with van der Waals surface area (Å²) in [5.74, 6) is -1.41. The number of hydrogen-bond donors (Lipinski definition) is 1. The van der Waals surface area contributed by atoms with Crippen molar-refractivity contribution in [1.82, 2.24) is 9.78 Å². The lowest BCUT2D eigenvalue weighted by molar-refractivity contribution is -0.384. The van der Waals surface area contributed by atoms with Crippen LogP contribution in [0.1, 0.15) is 27.3 Å². The number of amides is 1. The van der Waals surface area contributed by atoms with Gasteiger partial charge in [0.05, 0.1) is 33.6 Å². The van der Waals surface area contributed by atoms with Gasteiger partial charge in [-0.2, -0.15) is 5.10 Å². The first-order valence-electron chi connectivity index (χ1n) is 9.35. The average Bonchev–Trinajstić information content (AvgIpc) is 3.02. The van der Waals surface area contributed by atoms with E-state index >= 15 is 0 Å². The van der Waals surface area contributed by atoms with Crippen molar-refractivity contribution < 1.29 is 19.2 Å². The summed E-state index contributed by atoms with van der Waals surface area (Å²) in [6.07, 6.45) is 0. The van der Waals surface area contributed by atoms with Crippen LogP contribution < -0.4 is 5.32 Å². The van der Waals surface area contributed by atoms with Gasteiger partial charge >= 0.3 is 5.97 Å². The molecular formula is C21H18Cl2N4O5. The zero-order valence-corrected chi connectivity index (χ0v) is 18.6. The topological polar surface area (TPSA) is 116 Å². The Kier molecular flexibility index (Phi) is 7.12. The summed E-state index contributed by atoms with van der Waals surface area (Å²) in [6, 6.07) is 10.9. The molecule has 0 radical (unpaired) electrons. The van der Waals surface area contributed by atoms with Gasteiger partial charge in [0.25, 0.3) is 11.6 Å². The van der Waals surface area contributed by atoms with Gasteiger partial charge in [-0.3, -0.25) is 19.6 Å². The molecule has 11 heteroatoms. The first kappa shape index (κ1) is 23.2. The van der Waals surface area contributed by atoms with E-state index in [4.69, 9.17) is 27.9 Å². The molecule has 0 atom stereocenters. The fourth-order valence-electron chi connectivity index (χ4n) is 3.05. The number of esters is 1. The van der Waals surface area contributed by atoms with Crippen LogP contribution in [0.25, 0.3) is 0 Å². The number of nitrogens with one attached hydrogen (secondary N) is 1. The van der Waals surface area contributed by atoms with Crippen molar-refractivity contribution in [3.05, 3.63) is 85.1 Å². The van der Waals surface area contributed by atoms with Crippen LogP contribution in [0, 0.1) is 24.0 Å². The number of nitro benzene ring substituents is 1. The fourth-order valence-corrected chi connectivity index (χ4v) is 3.41. The second-order valence-electron chi connectivity index (χ2n) is 6.84. The quantitative estimate of drug-likeness (QED) is 0.303. The minimum absolute atomic E-state index is 0.0434. The van der Waals surface area contributed by atoms with Crippen molar-refractivity contribution in [2.45, 2.75) is 20.4 Å². The summed E-state index contributed by atoms with van der Waals surface area (Å²) in [5.41, 5.74) is 1.91. The third-order valence-corrected chi connectivity index (χ3v) is 5.33. The van der Waals surface area contributed by atoms with Crippen LogP contribution in [0.3, 0.4) is 0 Å². The molecule has 1 amide bonds. The highest BCUT2D eigenvalue weighted by Crippen LogP contribution is 2.26. The van der Waals surface area contributed by atoms with Crippen molar-refractivity contribution in [2.24, 2.45) is 0 Å². The van der Waals surface area contributed by atoms with Crippen LogP contribution in [-0.4, -0.2) is 33.2 Å². The number of halogens is 2. The Labute approximate surface area is 193 Å². The van der Waals surface area contributed by atoms with Crippen molar-refractivity contribution in [3.8, 4) is 0 Å². The van der Waals surface area contributed by atoms with Gasteiger partial charge in [-0.25, -0.2) is 4.79 Å². The SMILES string of the molecule is Cc1nn(Cc2ccccc2Cl)c(C)c1C(=O)OCC(=O)Nc1cc([N+](=O)[O-])ccc1Cl. The Morgan fingerprint density at radius 3 is 2.56 bits per heavy atom. The number of non-ortho nitro benzene ring substituents is 1. The second-order valence-corrected chi connectivity index (χ2v) is 7.65. The smallest absolute Gasteiger partial charge is 0.342 e. The second kappa shape index (κ2) is 9.80. The lowest BCUT2D eigenvalue weighted by Gasteiger charge is -2.09. The summed E-state index contributed by atoms with van der Waals surface area (Å²) in [7, 11) is 0. The molecule has 0 saturated heterocycles. The molecule has 0 spiro atoms. The van der Waals surface area contributed by atoms with Crippen LogP contribution >= 0.6 is 23.2 Å². The summed E-state index contributed by atoms with van der Waals surface area (Å²) in [4.78, 5) is 35.0. The number of hydrogen-bond acceptors (Lipinski definition) is 6. The molecule has 0 aliphatic carbocycles. The largest absolute Gasteiger partial charge is 0.452 e. The molecule has 0 unspecified atom stereocenters. The molecule has 0 fully saturated rings. The molecular weight excluding hydrogens is 459 g/mol. The number of aryl methyl sites for hydroxylation is 1. The van der Waals surface area contributed by atoms with Gasteiger partial charge in [0.15, 0.2) is 6.61 Å². The number of anilines is 1. The van der Waals surface area contributed by atoms with Crippen molar-refractivity contribution in [1.29, 1.82) is 0 Å². The number of nitro groups is 1. The molecule has 1 heterocycles. The zero-order chi connectivity index (χ0) is 23.4. The molecule has 1 aromatic heterocycles. The average molecular weight is 477 g/mol. The van der Waals surface area contributed by atoms with E-state index in [1.54, 1.807) is 24.6 Å². The van der Waals surface area contributed by atoms with Crippen LogP contribution in [0.4, 0.5) is 11.4 Å². The maximum atomic E-state index is 12.6. The first-order valence-corrected chi connectivity index (χ1v) is 10.1. The highest BCUT2D eigenvalue weighted by atomic mass is 35.5. The molecule has 0 aliphatic rings. The molecule has 0 saturated carbocycles. The van der Waals surface area contributed by atoms with E-state index < -0.39 is 23.4 Å². The number of carbonyl (C=O) groups is 2. The summed E-state index contributed by atoms with van der Waals surface area (Å²) in [5, 5.41) is 18.4. The summed E-state index contributed by atoms with van der Waals surface area (Å²) >= 11 is 12.2. The number of aromatic nitrogens is 2. The van der Waals surface area contributed by atoms with E-state index in [9.17, 15) is 19.7 Å². The van der Waals surface area contributed by atoms with E-state index in [-0.39, 0.29) is 22.0 Å². The van der Waals surface area contributed by atoms with Gasteiger partial charge in [-0.05, 0) is 31.5 Å². The van der Waals surface area contributed by atoms with Crippen LogP contribution in [0.5, 0.6) is 0 Å². The monoisotopic (exact) mass is 476 g/mol. The summed E-state index contributed by atoms with van der Waals surface area (Å²) in [6.45, 7) is 3.14. The molecule has 9 nitrogen and oxygen atoms in total. The number of nitrogens with zero attached hydrogens (tertiary/aromatic N) is 3. The van der Waals surface area contributed by atoms with Crippen LogP contribution in [0.2, 0.25) is 10.0 Å². The molecule has 32 heavy (non-hydrogen) atoms. The Bertz CT molecular complexity index is 1210. The normalized spacial score (nSPS) is 10.6. The van der Waals surface area contributed by atoms with Crippen molar-refractivity contribution in [3.63, 3.8) is 0 Å². The molecule has 1 N–H and O–H groups in total. The number of rotatable bonds is 7. The van der Waals surface area contributed by atoms with E-state index in [1.165, 1.54) is 12.1 Å². The van der Waals surface area contributed by atoms with Gasteiger partial charge in [0.1, 0.15) is 5.56 Å². The van der Waals surface area contributed by atoms with E-state index in [1.807, 2.05) is 18.2 Å². The first-order chi connectivity index (χ1) is 15.2. The van der Waals surface area contributed by atoms with Crippen molar-refractivity contribution in [2.75, 3.05) is 11.9 Å². The zero-order valence-electron chi connectivity index (χ0n) is 17.1. The third-order valence-electron chi connectivity index (χ3n) is 4.63. The Morgan fingerprint density at radius 2 is 1.88 bits per heavy atom. The number of ether oxygens (including phenoxy) is 1. The van der Waals surface area contributed by atoms with Gasteiger partial charge < -0.3 is 10.1 Å². The van der Waals surface area contributed by atoms with Gasteiger partial charge in [0, 0.05) is 17.2 Å². The number of carbonyl (C=O) groups excluding carboxylic acids is 2. The van der Waals surface area contributed by atoms with Gasteiger partial charge in [0.2, 0.25) is 0 Å². The molecule has 3 rings (SSSR count). The number of benzene rings is 2. The molecule has 0 bridgehead atoms. The van der Waals surface area contributed by atoms with E-state index in [0.29, 0.717) is 23.0 Å². The van der Waals surface area contributed by atoms with Gasteiger partial charge in [-0.1, -0.05) is 41.4 Å². The van der Waals surface area contributed by atoms with E-state index in [0.717, 1.165) is 11.6 Å². The third kappa shape index (κ3) is 5.24. The predicted molar refractivity (Wildman–Crippen MR) is 119 cm³/mol. The Balaban J connectivity index is 1.67. The standard InChI is InChI=1S/C21H18Cl2N4O5/c1-12-20(13(2)26(25-12)10-14-5-3-4-6-16(14)22)21(29)32-11-19(28)24-18-9-15(27(30)31)7-8-17(18)23/h3-9H,10-11H2,1-2H3,(H,24,28). The predicted octanol–water partition coefficient (Wildman–Crippen LogP) is 4.56. The fraction of sp³-hybridized carbons (Fsp3) is 0.190. The highest BCUT2D eigenvalue weighted by molar-refractivity contribution is 6.33. The maximum Gasteiger partial charge on any atom is 0.342 e. The van der Waals surface area contributed by atoms with Crippen molar-refractivity contribution >= 4 is 46.5 Å².